The van der Waals surface area contributed by atoms with E-state index in [0.717, 1.165) is 19.3 Å². The van der Waals surface area contributed by atoms with Crippen molar-refractivity contribution < 1.29 is 28.9 Å². The van der Waals surface area contributed by atoms with Crippen molar-refractivity contribution in [1.82, 2.24) is 4.90 Å². The van der Waals surface area contributed by atoms with E-state index in [2.05, 4.69) is 34.6 Å². The second kappa shape index (κ2) is 10.7. The highest BCUT2D eigenvalue weighted by Crippen LogP contribution is 2.88. The van der Waals surface area contributed by atoms with Crippen LogP contribution >= 0.6 is 0 Å². The molecule has 1 aliphatic heterocycles. The molecular weight excluding hydrogens is 554 g/mol. The number of likely N-dealkylation sites (N-methyl/N-ethyl adjacent to an activating group) is 1. The minimum absolute atomic E-state index is 0.0118. The topological polar surface area (TPSA) is 85.3 Å². The van der Waals surface area contributed by atoms with Crippen molar-refractivity contribution in [2.45, 2.75) is 143 Å². The maximum atomic E-state index is 12.8. The molecule has 13 atom stereocenters. The zero-order valence-electron chi connectivity index (χ0n) is 29.3. The second-order valence-electron chi connectivity index (χ2n) is 18.0. The number of fused-ring (bicyclic) bond motifs is 4. The van der Waals surface area contributed by atoms with Gasteiger partial charge in [-0.3, -0.25) is 14.5 Å². The second-order valence-corrected chi connectivity index (χ2v) is 18.0. The lowest BCUT2D eigenvalue weighted by Crippen LogP contribution is -2.55. The molecule has 2 spiro atoms. The zero-order chi connectivity index (χ0) is 32.2. The summed E-state index contributed by atoms with van der Waals surface area (Å²) in [5, 5.41) is 11.0. The van der Waals surface area contributed by atoms with Crippen LogP contribution < -0.4 is 0 Å². The Kier molecular flexibility index (Phi) is 7.94. The first-order valence-corrected chi connectivity index (χ1v) is 17.8. The van der Waals surface area contributed by atoms with E-state index in [1.54, 1.807) is 13.8 Å². The quantitative estimate of drug-likeness (QED) is 0.354. The summed E-state index contributed by atoms with van der Waals surface area (Å²) in [6.45, 7) is 17.6. The molecule has 5 saturated carbocycles. The molecule has 1 N–H and O–H groups in total. The Morgan fingerprint density at radius 2 is 1.70 bits per heavy atom. The zero-order valence-corrected chi connectivity index (χ0v) is 29.3. The third-order valence-corrected chi connectivity index (χ3v) is 14.8. The third-order valence-electron chi connectivity index (χ3n) is 14.8. The number of carbonyl (C=O) groups is 2. The first-order valence-electron chi connectivity index (χ1n) is 17.8. The van der Waals surface area contributed by atoms with Gasteiger partial charge in [-0.15, -0.1) is 0 Å². The fraction of sp³-hybridized carbons (Fsp3) is 0.946. The molecule has 250 valence electrons. The summed E-state index contributed by atoms with van der Waals surface area (Å²) in [5.74, 6) is 3.07. The fourth-order valence-corrected chi connectivity index (χ4v) is 13.5. The van der Waals surface area contributed by atoms with Crippen molar-refractivity contribution in [3.63, 3.8) is 0 Å². The molecule has 0 aromatic rings. The molecule has 7 heteroatoms. The molecule has 0 aromatic carbocycles. The molecule has 0 radical (unpaired) electrons. The average molecular weight is 616 g/mol. The normalized spacial score (nSPS) is 48.0. The van der Waals surface area contributed by atoms with Gasteiger partial charge >= 0.3 is 11.9 Å². The van der Waals surface area contributed by atoms with Gasteiger partial charge in [-0.25, -0.2) is 0 Å². The van der Waals surface area contributed by atoms with Crippen molar-refractivity contribution in [3.8, 4) is 0 Å². The lowest BCUT2D eigenvalue weighted by molar-refractivity contribution is -0.208. The molecular formula is C37H61NO6. The van der Waals surface area contributed by atoms with Crippen LogP contribution in [0.1, 0.15) is 113 Å². The van der Waals surface area contributed by atoms with Crippen LogP contribution in [0.5, 0.6) is 0 Å². The van der Waals surface area contributed by atoms with Crippen LogP contribution in [0.3, 0.4) is 0 Å². The molecule has 1 heterocycles. The standard InChI is InChI=1S/C37H61NO6/c1-21-18-27(32(34(6,7)41)42-23(3)39)43-26-19-25-24-12-11-13-28-33(4,5)29(44-30(40)20-38(9)10)14-15-37(28)22(2)36(24,37)17-16-35(25,8)31(21)26/h21-22,24-29,31-32,41H,11-20H2,1-10H3/t21-,22+,24?,25?,26?,27?,28?,29+,31?,32+,35+,36+,37-/m1/s1. The Labute approximate surface area is 266 Å². The molecule has 7 nitrogen and oxygen atoms in total. The number of aliphatic hydroxyl groups is 1. The number of hydrogen-bond acceptors (Lipinski definition) is 7. The van der Waals surface area contributed by atoms with Crippen LogP contribution in [-0.4, -0.2) is 72.6 Å². The van der Waals surface area contributed by atoms with E-state index in [1.807, 2.05) is 19.0 Å². The van der Waals surface area contributed by atoms with Crippen molar-refractivity contribution in [1.29, 1.82) is 0 Å². The number of ether oxygens (including phenoxy) is 3. The van der Waals surface area contributed by atoms with E-state index in [4.69, 9.17) is 14.2 Å². The Balaban J connectivity index is 1.27. The van der Waals surface area contributed by atoms with Gasteiger partial charge in [0.1, 0.15) is 6.10 Å². The van der Waals surface area contributed by atoms with Gasteiger partial charge in [-0.1, -0.05) is 41.0 Å². The lowest BCUT2D eigenvalue weighted by Gasteiger charge is -2.55. The van der Waals surface area contributed by atoms with E-state index in [9.17, 15) is 14.7 Å². The highest BCUT2D eigenvalue weighted by Gasteiger charge is 2.84. The number of hydrogen-bond donors (Lipinski definition) is 1. The van der Waals surface area contributed by atoms with E-state index >= 15 is 0 Å². The van der Waals surface area contributed by atoms with Crippen molar-refractivity contribution in [3.05, 3.63) is 0 Å². The van der Waals surface area contributed by atoms with Crippen LogP contribution in [0.2, 0.25) is 0 Å². The third kappa shape index (κ3) is 4.58. The predicted octanol–water partition coefficient (Wildman–Crippen LogP) is 6.25. The summed E-state index contributed by atoms with van der Waals surface area (Å²) in [7, 11) is 3.86. The van der Waals surface area contributed by atoms with Gasteiger partial charge in [0.2, 0.25) is 0 Å². The van der Waals surface area contributed by atoms with Gasteiger partial charge < -0.3 is 19.3 Å². The molecule has 0 bridgehead atoms. The Morgan fingerprint density at radius 1 is 1.00 bits per heavy atom. The molecule has 44 heavy (non-hydrogen) atoms. The lowest BCUT2D eigenvalue weighted by atomic mass is 9.50. The molecule has 6 aliphatic rings. The summed E-state index contributed by atoms with van der Waals surface area (Å²) in [6.07, 6.45) is 9.56. The molecule has 6 fully saturated rings. The highest BCUT2D eigenvalue weighted by atomic mass is 16.6. The maximum absolute atomic E-state index is 12.8. The van der Waals surface area contributed by atoms with Gasteiger partial charge in [0.25, 0.3) is 0 Å². The van der Waals surface area contributed by atoms with Gasteiger partial charge in [-0.2, -0.15) is 0 Å². The van der Waals surface area contributed by atoms with Gasteiger partial charge in [0, 0.05) is 12.3 Å². The summed E-state index contributed by atoms with van der Waals surface area (Å²) >= 11 is 0. The summed E-state index contributed by atoms with van der Waals surface area (Å²) in [5.41, 5.74) is -0.245. The smallest absolute Gasteiger partial charge is 0.320 e. The summed E-state index contributed by atoms with van der Waals surface area (Å²) in [4.78, 5) is 26.7. The van der Waals surface area contributed by atoms with E-state index < -0.39 is 11.7 Å². The van der Waals surface area contributed by atoms with Crippen molar-refractivity contribution in [2.24, 2.45) is 57.2 Å². The van der Waals surface area contributed by atoms with Crippen molar-refractivity contribution in [2.75, 3.05) is 20.6 Å². The molecule has 6 rings (SSSR count). The largest absolute Gasteiger partial charge is 0.461 e. The van der Waals surface area contributed by atoms with Crippen LogP contribution in [0, 0.1) is 57.2 Å². The summed E-state index contributed by atoms with van der Waals surface area (Å²) < 4.78 is 18.9. The van der Waals surface area contributed by atoms with Crippen LogP contribution in [0.25, 0.3) is 0 Å². The Morgan fingerprint density at radius 3 is 2.34 bits per heavy atom. The number of carbonyl (C=O) groups excluding carboxylic acids is 2. The number of nitrogens with zero attached hydrogens (tertiary/aromatic N) is 1. The van der Waals surface area contributed by atoms with Crippen LogP contribution in [0.4, 0.5) is 0 Å². The van der Waals surface area contributed by atoms with E-state index in [-0.39, 0.29) is 41.1 Å². The Bertz CT molecular complexity index is 1150. The average Bonchev–Trinajstić information content (AvgIpc) is 3.29. The first-order chi connectivity index (χ1) is 20.4. The molecule has 5 aliphatic carbocycles. The molecule has 0 amide bonds. The minimum atomic E-state index is -1.17. The summed E-state index contributed by atoms with van der Waals surface area (Å²) in [6, 6.07) is 0. The predicted molar refractivity (Wildman–Crippen MR) is 170 cm³/mol. The van der Waals surface area contributed by atoms with E-state index in [0.29, 0.717) is 52.9 Å². The van der Waals surface area contributed by atoms with Crippen LogP contribution in [0.15, 0.2) is 0 Å². The maximum Gasteiger partial charge on any atom is 0.320 e. The van der Waals surface area contributed by atoms with Gasteiger partial charge in [0.05, 0.1) is 24.4 Å². The molecule has 0 aromatic heterocycles. The Hall–Kier alpha value is -1.18. The van der Waals surface area contributed by atoms with Crippen molar-refractivity contribution >= 4 is 11.9 Å². The number of esters is 2. The molecule has 1 saturated heterocycles. The minimum Gasteiger partial charge on any atom is -0.461 e. The van der Waals surface area contributed by atoms with Gasteiger partial charge in [0.15, 0.2) is 6.10 Å². The fourth-order valence-electron chi connectivity index (χ4n) is 13.5. The highest BCUT2D eigenvalue weighted by molar-refractivity contribution is 5.71. The van der Waals surface area contributed by atoms with Gasteiger partial charge in [-0.05, 0) is 131 Å². The molecule has 6 unspecified atom stereocenters. The van der Waals surface area contributed by atoms with E-state index in [1.165, 1.54) is 45.4 Å². The SMILES string of the molecule is CC(=O)O[C@@H](C1C[C@@H](C)C2C(CC3C4CCCC5C(C)(C)[C@@H](OC(=O)CN(C)C)CC[C@@]56[C@@H](C)[C@@]46CC[C@@]32C)O1)C(C)(C)O. The van der Waals surface area contributed by atoms with Crippen LogP contribution in [-0.2, 0) is 23.8 Å². The number of rotatable bonds is 6. The first kappa shape index (κ1) is 32.7. The monoisotopic (exact) mass is 615 g/mol.